The van der Waals surface area contributed by atoms with Crippen LogP contribution in [0.5, 0.6) is 0 Å². The molecule has 0 radical (unpaired) electrons. The van der Waals surface area contributed by atoms with Crippen molar-refractivity contribution in [2.75, 3.05) is 26.2 Å². The van der Waals surface area contributed by atoms with Gasteiger partial charge in [0.05, 0.1) is 0 Å². The second-order valence-electron chi connectivity index (χ2n) is 8.90. The molecule has 0 atom stereocenters. The maximum absolute atomic E-state index is 12.7. The molecule has 5 heteroatoms. The van der Waals surface area contributed by atoms with Crippen LogP contribution in [0.25, 0.3) is 0 Å². The van der Waals surface area contributed by atoms with Crippen LogP contribution in [0.2, 0.25) is 0 Å². The summed E-state index contributed by atoms with van der Waals surface area (Å²) in [7, 11) is 0. The van der Waals surface area contributed by atoms with Crippen LogP contribution in [-0.4, -0.2) is 53.8 Å². The number of amides is 2. The van der Waals surface area contributed by atoms with Crippen LogP contribution >= 0.6 is 0 Å². The second kappa shape index (κ2) is 10.1. The van der Waals surface area contributed by atoms with Crippen molar-refractivity contribution in [2.45, 2.75) is 45.2 Å². The van der Waals surface area contributed by atoms with E-state index < -0.39 is 0 Å². The van der Waals surface area contributed by atoms with Crippen LogP contribution in [0, 0.1) is 12.8 Å². The van der Waals surface area contributed by atoms with Crippen LogP contribution in [0.3, 0.4) is 0 Å². The van der Waals surface area contributed by atoms with Gasteiger partial charge in [-0.1, -0.05) is 48.0 Å². The molecule has 0 bridgehead atoms. The van der Waals surface area contributed by atoms with Crippen molar-refractivity contribution in [1.82, 2.24) is 15.1 Å². The lowest BCUT2D eigenvalue weighted by Gasteiger charge is -2.41. The summed E-state index contributed by atoms with van der Waals surface area (Å²) in [6, 6.07) is 18.4. The molecular weight excluding hydrogens is 386 g/mol. The first kappa shape index (κ1) is 21.6. The minimum absolute atomic E-state index is 0.114. The summed E-state index contributed by atoms with van der Waals surface area (Å²) >= 11 is 0. The van der Waals surface area contributed by atoms with Gasteiger partial charge >= 0.3 is 0 Å². The summed E-state index contributed by atoms with van der Waals surface area (Å²) in [5.74, 6) is 0.442. The molecule has 0 unspecified atom stereocenters. The Hall–Kier alpha value is -2.66. The zero-order valence-electron chi connectivity index (χ0n) is 18.4. The van der Waals surface area contributed by atoms with Gasteiger partial charge in [-0.25, -0.2) is 0 Å². The third kappa shape index (κ3) is 5.53. The number of benzene rings is 2. The molecule has 2 amide bonds. The van der Waals surface area contributed by atoms with Crippen molar-refractivity contribution in [3.63, 3.8) is 0 Å². The van der Waals surface area contributed by atoms with Gasteiger partial charge in [-0.15, -0.1) is 0 Å². The molecule has 4 rings (SSSR count). The van der Waals surface area contributed by atoms with Crippen molar-refractivity contribution < 1.29 is 9.59 Å². The van der Waals surface area contributed by atoms with Crippen molar-refractivity contribution in [3.05, 3.63) is 71.3 Å². The lowest BCUT2D eigenvalue weighted by atomic mass is 9.92. The Labute approximate surface area is 185 Å². The van der Waals surface area contributed by atoms with E-state index in [1.165, 1.54) is 5.56 Å². The molecule has 0 aliphatic carbocycles. The number of carbonyl (C=O) groups is 2. The van der Waals surface area contributed by atoms with Gasteiger partial charge in [0.2, 0.25) is 5.91 Å². The van der Waals surface area contributed by atoms with Crippen LogP contribution < -0.4 is 5.32 Å². The monoisotopic (exact) mass is 419 g/mol. The summed E-state index contributed by atoms with van der Waals surface area (Å²) < 4.78 is 0. The maximum Gasteiger partial charge on any atom is 0.253 e. The Morgan fingerprint density at radius 1 is 0.871 bits per heavy atom. The highest BCUT2D eigenvalue weighted by Gasteiger charge is 2.31. The van der Waals surface area contributed by atoms with E-state index in [9.17, 15) is 9.59 Å². The molecule has 164 valence electrons. The predicted octanol–water partition coefficient (Wildman–Crippen LogP) is 3.63. The van der Waals surface area contributed by atoms with Gasteiger partial charge < -0.3 is 15.1 Å². The standard InChI is InChI=1S/C26H33N3O2/c1-20-7-9-23(10-8-20)26(31)29-17-13-24(14-18-29)28-15-11-22(12-16-28)25(30)27-19-21-5-3-2-4-6-21/h2-10,22,24H,11-19H2,1H3,(H,27,30). The van der Waals surface area contributed by atoms with E-state index >= 15 is 0 Å². The zero-order chi connectivity index (χ0) is 21.6. The minimum atomic E-state index is 0.114. The smallest absolute Gasteiger partial charge is 0.253 e. The number of aryl methyl sites for hydroxylation is 1. The number of nitrogens with zero attached hydrogens (tertiary/aromatic N) is 2. The Morgan fingerprint density at radius 2 is 1.52 bits per heavy atom. The predicted molar refractivity (Wildman–Crippen MR) is 123 cm³/mol. The van der Waals surface area contributed by atoms with Crippen molar-refractivity contribution in [2.24, 2.45) is 5.92 Å². The highest BCUT2D eigenvalue weighted by atomic mass is 16.2. The first-order valence-corrected chi connectivity index (χ1v) is 11.5. The van der Waals surface area contributed by atoms with Gasteiger partial charge in [0.25, 0.3) is 5.91 Å². The molecule has 1 N–H and O–H groups in total. The van der Waals surface area contributed by atoms with E-state index in [0.29, 0.717) is 12.6 Å². The number of rotatable bonds is 5. The molecule has 0 aromatic heterocycles. The van der Waals surface area contributed by atoms with Crippen molar-refractivity contribution >= 4 is 11.8 Å². The van der Waals surface area contributed by atoms with Crippen molar-refractivity contribution in [1.29, 1.82) is 0 Å². The first-order chi connectivity index (χ1) is 15.1. The fraction of sp³-hybridized carbons (Fsp3) is 0.462. The fourth-order valence-corrected chi connectivity index (χ4v) is 4.77. The third-order valence-electron chi connectivity index (χ3n) is 6.78. The molecule has 5 nitrogen and oxygen atoms in total. The van der Waals surface area contributed by atoms with E-state index in [1.807, 2.05) is 66.4 Å². The van der Waals surface area contributed by atoms with E-state index in [2.05, 4.69) is 10.2 Å². The quantitative estimate of drug-likeness (QED) is 0.805. The molecule has 0 spiro atoms. The van der Waals surface area contributed by atoms with Gasteiger partial charge in [-0.2, -0.15) is 0 Å². The molecule has 2 heterocycles. The second-order valence-corrected chi connectivity index (χ2v) is 8.90. The highest BCUT2D eigenvalue weighted by molar-refractivity contribution is 5.94. The molecule has 2 saturated heterocycles. The first-order valence-electron chi connectivity index (χ1n) is 11.5. The molecule has 2 aromatic rings. The Bertz CT molecular complexity index is 865. The number of likely N-dealkylation sites (tertiary alicyclic amines) is 2. The number of hydrogen-bond donors (Lipinski definition) is 1. The summed E-state index contributed by atoms with van der Waals surface area (Å²) in [5, 5.41) is 3.10. The topological polar surface area (TPSA) is 52.7 Å². The van der Waals surface area contributed by atoms with Crippen LogP contribution in [0.1, 0.15) is 47.2 Å². The Kier molecular flexibility index (Phi) is 7.03. The average Bonchev–Trinajstić information content (AvgIpc) is 2.83. The number of nitrogens with one attached hydrogen (secondary N) is 1. The largest absolute Gasteiger partial charge is 0.352 e. The molecular formula is C26H33N3O2. The molecule has 2 fully saturated rings. The normalized spacial score (nSPS) is 18.7. The fourth-order valence-electron chi connectivity index (χ4n) is 4.77. The lowest BCUT2D eigenvalue weighted by molar-refractivity contribution is -0.126. The third-order valence-corrected chi connectivity index (χ3v) is 6.78. The average molecular weight is 420 g/mol. The van der Waals surface area contributed by atoms with Crippen LogP contribution in [0.4, 0.5) is 0 Å². The van der Waals surface area contributed by atoms with E-state index in [4.69, 9.17) is 0 Å². The summed E-state index contributed by atoms with van der Waals surface area (Å²) in [4.78, 5) is 29.8. The Morgan fingerprint density at radius 3 is 2.16 bits per heavy atom. The van der Waals surface area contributed by atoms with Gasteiger partial charge in [-0.3, -0.25) is 9.59 Å². The van der Waals surface area contributed by atoms with Gasteiger partial charge in [-0.05, 0) is 63.4 Å². The number of hydrogen-bond acceptors (Lipinski definition) is 3. The number of carbonyl (C=O) groups excluding carboxylic acids is 2. The molecule has 2 aliphatic rings. The summed E-state index contributed by atoms with van der Waals surface area (Å²) in [6.45, 7) is 6.22. The minimum Gasteiger partial charge on any atom is -0.352 e. The highest BCUT2D eigenvalue weighted by Crippen LogP contribution is 2.25. The van der Waals surface area contributed by atoms with Crippen molar-refractivity contribution in [3.8, 4) is 0 Å². The molecule has 2 aromatic carbocycles. The van der Waals surface area contributed by atoms with Gasteiger partial charge in [0.1, 0.15) is 0 Å². The Balaban J connectivity index is 1.20. The summed E-state index contributed by atoms with van der Waals surface area (Å²) in [6.07, 6.45) is 3.87. The van der Waals surface area contributed by atoms with E-state index in [0.717, 1.165) is 63.0 Å². The molecule has 2 aliphatic heterocycles. The van der Waals surface area contributed by atoms with E-state index in [-0.39, 0.29) is 17.7 Å². The van der Waals surface area contributed by atoms with Gasteiger partial charge in [0, 0.05) is 37.2 Å². The van der Waals surface area contributed by atoms with E-state index in [1.54, 1.807) is 0 Å². The molecule has 0 saturated carbocycles. The van der Waals surface area contributed by atoms with Crippen LogP contribution in [0.15, 0.2) is 54.6 Å². The maximum atomic E-state index is 12.7. The zero-order valence-corrected chi connectivity index (χ0v) is 18.4. The van der Waals surface area contributed by atoms with Gasteiger partial charge in [0.15, 0.2) is 0 Å². The SMILES string of the molecule is Cc1ccc(C(=O)N2CCC(N3CCC(C(=O)NCc4ccccc4)CC3)CC2)cc1. The summed E-state index contributed by atoms with van der Waals surface area (Å²) in [5.41, 5.74) is 3.10. The van der Waals surface area contributed by atoms with Crippen LogP contribution in [-0.2, 0) is 11.3 Å². The lowest BCUT2D eigenvalue weighted by Crippen LogP contribution is -2.50. The molecule has 31 heavy (non-hydrogen) atoms. The number of piperidine rings is 2.